The molecule has 0 amide bonds. The summed E-state index contributed by atoms with van der Waals surface area (Å²) in [5.74, 6) is -0.171. The average Bonchev–Trinajstić information content (AvgIpc) is 3.13. The highest BCUT2D eigenvalue weighted by Crippen LogP contribution is 2.37. The normalized spacial score (nSPS) is 28.6. The van der Waals surface area contributed by atoms with Gasteiger partial charge in [0.15, 0.2) is 5.79 Å². The molecule has 2 rings (SSSR count). The Morgan fingerprint density at radius 3 is 2.14 bits per heavy atom. The third-order valence-electron chi connectivity index (χ3n) is 5.86. The zero-order valence-corrected chi connectivity index (χ0v) is 18.1. The lowest BCUT2D eigenvalue weighted by atomic mass is 10.0. The number of nitrogens with one attached hydrogen (secondary N) is 1. The predicted molar refractivity (Wildman–Crippen MR) is 109 cm³/mol. The molecule has 0 aromatic rings. The summed E-state index contributed by atoms with van der Waals surface area (Å²) in [6.07, 6.45) is 11.6. The van der Waals surface area contributed by atoms with E-state index in [0.717, 1.165) is 32.1 Å². The van der Waals surface area contributed by atoms with Crippen LogP contribution in [0.25, 0.3) is 0 Å². The maximum Gasteiger partial charge on any atom is 0.163 e. The number of methoxy groups -OCH3 is 1. The molecule has 0 aromatic heterocycles. The Morgan fingerprint density at radius 1 is 0.929 bits per heavy atom. The molecule has 164 valence electrons. The number of carbonyl (C=O) groups excluding carboxylic acids is 1. The van der Waals surface area contributed by atoms with Gasteiger partial charge in [-0.25, -0.2) is 0 Å². The van der Waals surface area contributed by atoms with Gasteiger partial charge in [0.25, 0.3) is 0 Å². The van der Waals surface area contributed by atoms with E-state index >= 15 is 0 Å². The van der Waals surface area contributed by atoms with Crippen LogP contribution in [-0.4, -0.2) is 61.3 Å². The number of ketones is 1. The highest BCUT2D eigenvalue weighted by atomic mass is 16.8. The summed E-state index contributed by atoms with van der Waals surface area (Å²) in [6.45, 7) is 4.67. The summed E-state index contributed by atoms with van der Waals surface area (Å²) in [7, 11) is 1.68. The monoisotopic (exact) mass is 399 g/mol. The average molecular weight is 400 g/mol. The second kappa shape index (κ2) is 12.2. The number of carbonyl (C=O) groups is 1. The molecule has 2 aliphatic rings. The van der Waals surface area contributed by atoms with Crippen molar-refractivity contribution < 1.29 is 24.1 Å². The summed E-state index contributed by atoms with van der Waals surface area (Å²) in [4.78, 5) is 11.7. The van der Waals surface area contributed by atoms with Gasteiger partial charge in [0.1, 0.15) is 18.0 Å². The number of aliphatic hydroxyl groups is 1. The van der Waals surface area contributed by atoms with Gasteiger partial charge in [-0.3, -0.25) is 4.79 Å². The second-order valence-electron chi connectivity index (χ2n) is 8.78. The first kappa shape index (κ1) is 23.7. The van der Waals surface area contributed by atoms with Crippen molar-refractivity contribution in [3.8, 4) is 0 Å². The summed E-state index contributed by atoms with van der Waals surface area (Å²) in [5, 5.41) is 13.1. The first-order chi connectivity index (χ1) is 13.5. The van der Waals surface area contributed by atoms with Gasteiger partial charge in [-0.1, -0.05) is 38.5 Å². The molecule has 2 saturated heterocycles. The van der Waals surface area contributed by atoms with Crippen molar-refractivity contribution in [2.75, 3.05) is 20.3 Å². The molecule has 2 fully saturated rings. The van der Waals surface area contributed by atoms with E-state index in [1.165, 1.54) is 32.1 Å². The van der Waals surface area contributed by atoms with Gasteiger partial charge in [0.2, 0.25) is 0 Å². The van der Waals surface area contributed by atoms with Crippen molar-refractivity contribution >= 4 is 5.78 Å². The zero-order valence-electron chi connectivity index (χ0n) is 18.1. The number of hydrogen-bond acceptors (Lipinski definition) is 6. The number of unbranched alkanes of at least 4 members (excludes halogenated alkanes) is 6. The minimum atomic E-state index is -0.547. The maximum atomic E-state index is 11.7. The van der Waals surface area contributed by atoms with E-state index in [4.69, 9.17) is 14.2 Å². The Morgan fingerprint density at radius 2 is 1.50 bits per heavy atom. The van der Waals surface area contributed by atoms with E-state index in [1.807, 2.05) is 13.8 Å². The van der Waals surface area contributed by atoms with Crippen molar-refractivity contribution in [3.63, 3.8) is 0 Å². The van der Waals surface area contributed by atoms with Crippen molar-refractivity contribution in [1.82, 2.24) is 5.32 Å². The molecular weight excluding hydrogens is 358 g/mol. The lowest BCUT2D eigenvalue weighted by Crippen LogP contribution is -2.40. The standard InChI is InChI=1S/C22H41NO5/c1-22(2)27-20-18(23-19(16-24)21(20)28-22)14-10-8-6-4-5-7-9-12-17(25)13-11-15-26-3/h18-21,23-24H,4-16H2,1-3H3/t18-,19-,20-,21+/m1/s1. The number of Topliss-reactive ketones (excluding diaryl/α,β-unsaturated/α-hetero) is 1. The molecular formula is C22H41NO5. The van der Waals surface area contributed by atoms with Crippen LogP contribution in [0.1, 0.15) is 84.5 Å². The van der Waals surface area contributed by atoms with Gasteiger partial charge in [0.05, 0.1) is 12.6 Å². The molecule has 6 nitrogen and oxygen atoms in total. The largest absolute Gasteiger partial charge is 0.395 e. The van der Waals surface area contributed by atoms with E-state index in [2.05, 4.69) is 5.32 Å². The molecule has 0 radical (unpaired) electrons. The van der Waals surface area contributed by atoms with E-state index in [-0.39, 0.29) is 30.9 Å². The van der Waals surface area contributed by atoms with Crippen LogP contribution in [-0.2, 0) is 19.0 Å². The number of fused-ring (bicyclic) bond motifs is 1. The van der Waals surface area contributed by atoms with E-state index in [0.29, 0.717) is 18.8 Å². The van der Waals surface area contributed by atoms with Crippen LogP contribution in [0.3, 0.4) is 0 Å². The lowest BCUT2D eigenvalue weighted by molar-refractivity contribution is -0.157. The van der Waals surface area contributed by atoms with Crippen molar-refractivity contribution in [1.29, 1.82) is 0 Å². The third kappa shape index (κ3) is 7.71. The Bertz CT molecular complexity index is 456. The van der Waals surface area contributed by atoms with Crippen LogP contribution >= 0.6 is 0 Å². The fourth-order valence-corrected chi connectivity index (χ4v) is 4.42. The molecule has 0 bridgehead atoms. The van der Waals surface area contributed by atoms with Crippen molar-refractivity contribution in [3.05, 3.63) is 0 Å². The molecule has 2 aliphatic heterocycles. The van der Waals surface area contributed by atoms with Crippen LogP contribution in [0.5, 0.6) is 0 Å². The van der Waals surface area contributed by atoms with Crippen LogP contribution in [0.15, 0.2) is 0 Å². The molecule has 0 unspecified atom stereocenters. The predicted octanol–water partition coefficient (Wildman–Crippen LogP) is 3.35. The zero-order chi connectivity index (χ0) is 20.4. The molecule has 0 aromatic carbocycles. The van der Waals surface area contributed by atoms with E-state index in [1.54, 1.807) is 7.11 Å². The summed E-state index contributed by atoms with van der Waals surface area (Å²) < 4.78 is 17.0. The first-order valence-corrected chi connectivity index (χ1v) is 11.2. The fourth-order valence-electron chi connectivity index (χ4n) is 4.42. The van der Waals surface area contributed by atoms with E-state index < -0.39 is 5.79 Å². The molecule has 6 heteroatoms. The summed E-state index contributed by atoms with van der Waals surface area (Å²) >= 11 is 0. The summed E-state index contributed by atoms with van der Waals surface area (Å²) in [6, 6.07) is 0.252. The van der Waals surface area contributed by atoms with Gasteiger partial charge >= 0.3 is 0 Å². The van der Waals surface area contributed by atoms with Crippen LogP contribution in [0.2, 0.25) is 0 Å². The van der Waals surface area contributed by atoms with Gasteiger partial charge in [0, 0.05) is 32.6 Å². The lowest BCUT2D eigenvalue weighted by Gasteiger charge is -2.24. The summed E-state index contributed by atoms with van der Waals surface area (Å²) in [5.41, 5.74) is 0. The molecule has 4 atom stereocenters. The molecule has 2 N–H and O–H groups in total. The SMILES string of the molecule is COCCCC(=O)CCCCCCCCC[C@H]1N[C@H](CO)[C@@H]2OC(C)(C)O[C@@H]21. The number of hydrogen-bond donors (Lipinski definition) is 2. The quantitative estimate of drug-likeness (QED) is 0.411. The van der Waals surface area contributed by atoms with Crippen molar-refractivity contribution in [2.45, 2.75) is 115 Å². The van der Waals surface area contributed by atoms with E-state index in [9.17, 15) is 9.90 Å². The minimum Gasteiger partial charge on any atom is -0.395 e. The Balaban J connectivity index is 1.47. The molecule has 0 spiro atoms. The van der Waals surface area contributed by atoms with Crippen LogP contribution in [0.4, 0.5) is 0 Å². The second-order valence-corrected chi connectivity index (χ2v) is 8.78. The minimum absolute atomic E-state index is 0.0195. The molecule has 28 heavy (non-hydrogen) atoms. The molecule has 0 saturated carbocycles. The Hall–Kier alpha value is -0.530. The first-order valence-electron chi connectivity index (χ1n) is 11.2. The smallest absolute Gasteiger partial charge is 0.163 e. The topological polar surface area (TPSA) is 77.0 Å². The van der Waals surface area contributed by atoms with Crippen molar-refractivity contribution in [2.24, 2.45) is 0 Å². The number of rotatable bonds is 15. The third-order valence-corrected chi connectivity index (χ3v) is 5.86. The number of aliphatic hydroxyl groups excluding tert-OH is 1. The molecule has 0 aliphatic carbocycles. The Labute approximate surface area is 170 Å². The van der Waals surface area contributed by atoms with Crippen LogP contribution in [0, 0.1) is 0 Å². The van der Waals surface area contributed by atoms with Crippen LogP contribution < -0.4 is 5.32 Å². The maximum absolute atomic E-state index is 11.7. The number of ether oxygens (including phenoxy) is 3. The van der Waals surface area contributed by atoms with Gasteiger partial charge < -0.3 is 24.6 Å². The fraction of sp³-hybridized carbons (Fsp3) is 0.955. The van der Waals surface area contributed by atoms with Gasteiger partial charge in [-0.2, -0.15) is 0 Å². The Kier molecular flexibility index (Phi) is 10.4. The molecule has 2 heterocycles. The van der Waals surface area contributed by atoms with Gasteiger partial charge in [-0.15, -0.1) is 0 Å². The highest BCUT2D eigenvalue weighted by Gasteiger charge is 2.53. The van der Waals surface area contributed by atoms with Gasteiger partial charge in [-0.05, 0) is 33.1 Å². The highest BCUT2D eigenvalue weighted by molar-refractivity contribution is 5.78.